The van der Waals surface area contributed by atoms with Crippen molar-refractivity contribution >= 4 is 23.4 Å². The molecule has 5 nitrogen and oxygen atoms in total. The lowest BCUT2D eigenvalue weighted by atomic mass is 10.1. The molecule has 0 aliphatic heterocycles. The lowest BCUT2D eigenvalue weighted by Gasteiger charge is -2.10. The molecule has 0 atom stereocenters. The fraction of sp³-hybridized carbons (Fsp3) is 0.105. The van der Waals surface area contributed by atoms with Crippen LogP contribution < -0.4 is 10.3 Å². The number of methoxy groups -OCH3 is 1. The molecule has 130 valence electrons. The van der Waals surface area contributed by atoms with Crippen LogP contribution in [0, 0.1) is 11.3 Å². The van der Waals surface area contributed by atoms with Crippen LogP contribution in [0.5, 0.6) is 5.75 Å². The third kappa shape index (κ3) is 3.74. The number of para-hydroxylation sites is 1. The Labute approximate surface area is 159 Å². The van der Waals surface area contributed by atoms with E-state index >= 15 is 0 Å². The second-order valence-electron chi connectivity index (χ2n) is 5.29. The van der Waals surface area contributed by atoms with E-state index in [0.29, 0.717) is 32.9 Å². The van der Waals surface area contributed by atoms with Crippen LogP contribution in [0.15, 0.2) is 58.5 Å². The monoisotopic (exact) mass is 383 g/mol. The third-order valence-electron chi connectivity index (χ3n) is 3.69. The Balaban J connectivity index is 2.02. The van der Waals surface area contributed by atoms with E-state index in [9.17, 15) is 10.1 Å². The van der Waals surface area contributed by atoms with Gasteiger partial charge in [-0.2, -0.15) is 5.26 Å². The highest BCUT2D eigenvalue weighted by Gasteiger charge is 2.17. The summed E-state index contributed by atoms with van der Waals surface area (Å²) in [5.74, 6) is 1.09. The number of nitriles is 1. The maximum Gasteiger partial charge on any atom is 0.270 e. The number of rotatable bonds is 5. The van der Waals surface area contributed by atoms with Crippen LogP contribution in [0.3, 0.4) is 0 Å². The van der Waals surface area contributed by atoms with E-state index in [4.69, 9.17) is 16.3 Å². The summed E-state index contributed by atoms with van der Waals surface area (Å²) in [5, 5.41) is 10.4. The zero-order chi connectivity index (χ0) is 18.5. The summed E-state index contributed by atoms with van der Waals surface area (Å²) >= 11 is 7.51. The Morgan fingerprint density at radius 2 is 1.96 bits per heavy atom. The molecule has 3 rings (SSSR count). The van der Waals surface area contributed by atoms with E-state index in [-0.39, 0.29) is 5.56 Å². The van der Waals surface area contributed by atoms with Crippen LogP contribution in [0.25, 0.3) is 11.3 Å². The minimum absolute atomic E-state index is 0.0448. The summed E-state index contributed by atoms with van der Waals surface area (Å²) in [6, 6.07) is 16.6. The number of hydrogen-bond donors (Lipinski definition) is 1. The molecule has 1 N–H and O–H groups in total. The number of nitrogens with zero attached hydrogens (tertiary/aromatic N) is 2. The number of H-pyrrole nitrogens is 1. The van der Waals surface area contributed by atoms with Crippen LogP contribution in [0.4, 0.5) is 0 Å². The first-order chi connectivity index (χ1) is 12.6. The first kappa shape index (κ1) is 18.1. The number of thioether (sulfide) groups is 1. The number of aromatic amines is 1. The van der Waals surface area contributed by atoms with Crippen molar-refractivity contribution in [3.63, 3.8) is 0 Å². The molecule has 1 heterocycles. The number of aromatic nitrogens is 2. The molecule has 0 aliphatic rings. The van der Waals surface area contributed by atoms with Gasteiger partial charge in [-0.25, -0.2) is 4.98 Å². The Bertz CT molecular complexity index is 1040. The van der Waals surface area contributed by atoms with Crippen molar-refractivity contribution in [2.75, 3.05) is 7.11 Å². The van der Waals surface area contributed by atoms with E-state index < -0.39 is 5.56 Å². The van der Waals surface area contributed by atoms with Gasteiger partial charge in [0.25, 0.3) is 5.56 Å². The van der Waals surface area contributed by atoms with Crippen molar-refractivity contribution < 1.29 is 4.74 Å². The summed E-state index contributed by atoms with van der Waals surface area (Å²) in [6.07, 6.45) is 0. The zero-order valence-electron chi connectivity index (χ0n) is 13.8. The van der Waals surface area contributed by atoms with Gasteiger partial charge in [-0.1, -0.05) is 53.7 Å². The summed E-state index contributed by atoms with van der Waals surface area (Å²) in [7, 11) is 1.53. The molecular formula is C19H14ClN3O2S. The molecule has 26 heavy (non-hydrogen) atoms. The second kappa shape index (κ2) is 8.09. The highest BCUT2D eigenvalue weighted by atomic mass is 35.5. The van der Waals surface area contributed by atoms with Crippen molar-refractivity contribution in [2.45, 2.75) is 10.9 Å². The molecule has 3 aromatic rings. The minimum Gasteiger partial charge on any atom is -0.496 e. The lowest BCUT2D eigenvalue weighted by Crippen LogP contribution is -2.15. The first-order valence-electron chi connectivity index (χ1n) is 7.68. The van der Waals surface area contributed by atoms with E-state index in [1.807, 2.05) is 36.4 Å². The Kier molecular flexibility index (Phi) is 5.61. The van der Waals surface area contributed by atoms with E-state index in [1.165, 1.54) is 18.9 Å². The van der Waals surface area contributed by atoms with Gasteiger partial charge >= 0.3 is 0 Å². The third-order valence-corrected chi connectivity index (χ3v) is 4.98. The molecule has 0 saturated heterocycles. The molecule has 0 unspecified atom stereocenters. The topological polar surface area (TPSA) is 78.8 Å². The molecule has 7 heteroatoms. The predicted molar refractivity (Wildman–Crippen MR) is 103 cm³/mol. The fourth-order valence-corrected chi connectivity index (χ4v) is 3.57. The molecular weight excluding hydrogens is 370 g/mol. The molecule has 0 bridgehead atoms. The maximum absolute atomic E-state index is 12.3. The van der Waals surface area contributed by atoms with E-state index in [0.717, 1.165) is 5.56 Å². The first-order valence-corrected chi connectivity index (χ1v) is 9.04. The molecule has 0 amide bonds. The maximum atomic E-state index is 12.3. The standard InChI is InChI=1S/C19H14ClN3O2S/c1-25-16-9-5-3-7-13(16)17-14(10-21)18(24)23-19(22-17)26-11-12-6-2-4-8-15(12)20/h2-9H,11H2,1H3,(H,22,23,24). The van der Waals surface area contributed by atoms with Gasteiger partial charge in [-0.05, 0) is 23.8 Å². The summed E-state index contributed by atoms with van der Waals surface area (Å²) in [5.41, 5.74) is 1.30. The van der Waals surface area contributed by atoms with Gasteiger partial charge in [-0.15, -0.1) is 0 Å². The predicted octanol–water partition coefficient (Wildman–Crippen LogP) is 4.26. The Hall–Kier alpha value is -2.75. The number of hydrogen-bond acceptors (Lipinski definition) is 5. The smallest absolute Gasteiger partial charge is 0.270 e. The minimum atomic E-state index is -0.481. The molecule has 0 fully saturated rings. The SMILES string of the molecule is COc1ccccc1-c1nc(SCc2ccccc2Cl)[nH]c(=O)c1C#N. The van der Waals surface area contributed by atoms with Crippen LogP contribution in [0.2, 0.25) is 5.02 Å². The number of nitrogens with one attached hydrogen (secondary N) is 1. The molecule has 0 radical (unpaired) electrons. The van der Waals surface area contributed by atoms with Crippen molar-refractivity contribution in [1.29, 1.82) is 5.26 Å². The van der Waals surface area contributed by atoms with Gasteiger partial charge in [0.1, 0.15) is 23.1 Å². The average molecular weight is 384 g/mol. The van der Waals surface area contributed by atoms with Crippen molar-refractivity contribution in [1.82, 2.24) is 9.97 Å². The number of benzene rings is 2. The Morgan fingerprint density at radius 3 is 2.69 bits per heavy atom. The van der Waals surface area contributed by atoms with Gasteiger partial charge in [0.05, 0.1) is 7.11 Å². The van der Waals surface area contributed by atoms with Gasteiger partial charge < -0.3 is 9.72 Å². The van der Waals surface area contributed by atoms with Crippen molar-refractivity contribution in [2.24, 2.45) is 0 Å². The quantitative estimate of drug-likeness (QED) is 0.526. The van der Waals surface area contributed by atoms with E-state index in [1.54, 1.807) is 18.2 Å². The molecule has 0 aliphatic carbocycles. The fourth-order valence-electron chi connectivity index (χ4n) is 2.42. The normalized spacial score (nSPS) is 10.3. The number of ether oxygens (including phenoxy) is 1. The number of halogens is 1. The van der Waals surface area contributed by atoms with Gasteiger partial charge in [0.15, 0.2) is 5.16 Å². The van der Waals surface area contributed by atoms with Crippen molar-refractivity contribution in [3.05, 3.63) is 75.0 Å². The van der Waals surface area contributed by atoms with Crippen LogP contribution in [-0.4, -0.2) is 17.1 Å². The summed E-state index contributed by atoms with van der Waals surface area (Å²) < 4.78 is 5.34. The van der Waals surface area contributed by atoms with Crippen LogP contribution in [0.1, 0.15) is 11.1 Å². The lowest BCUT2D eigenvalue weighted by molar-refractivity contribution is 0.416. The summed E-state index contributed by atoms with van der Waals surface area (Å²) in [6.45, 7) is 0. The van der Waals surface area contributed by atoms with Crippen LogP contribution in [-0.2, 0) is 5.75 Å². The highest BCUT2D eigenvalue weighted by molar-refractivity contribution is 7.98. The van der Waals surface area contributed by atoms with Crippen LogP contribution >= 0.6 is 23.4 Å². The average Bonchev–Trinajstić information content (AvgIpc) is 2.67. The molecule has 2 aromatic carbocycles. The van der Waals surface area contributed by atoms with Gasteiger partial charge in [-0.3, -0.25) is 4.79 Å². The molecule has 0 spiro atoms. The zero-order valence-corrected chi connectivity index (χ0v) is 15.4. The largest absolute Gasteiger partial charge is 0.496 e. The Morgan fingerprint density at radius 1 is 1.23 bits per heavy atom. The second-order valence-corrected chi connectivity index (χ2v) is 6.66. The highest BCUT2D eigenvalue weighted by Crippen LogP contribution is 2.31. The van der Waals surface area contributed by atoms with Gasteiger partial charge in [0.2, 0.25) is 0 Å². The molecule has 1 aromatic heterocycles. The molecule has 0 saturated carbocycles. The van der Waals surface area contributed by atoms with Gasteiger partial charge in [0, 0.05) is 16.3 Å². The van der Waals surface area contributed by atoms with E-state index in [2.05, 4.69) is 9.97 Å². The van der Waals surface area contributed by atoms with Crippen molar-refractivity contribution in [3.8, 4) is 23.1 Å². The summed E-state index contributed by atoms with van der Waals surface area (Å²) in [4.78, 5) is 19.5.